The van der Waals surface area contributed by atoms with Gasteiger partial charge in [0, 0.05) is 62.5 Å². The van der Waals surface area contributed by atoms with Crippen LogP contribution in [0.5, 0.6) is 5.75 Å². The van der Waals surface area contributed by atoms with Crippen LogP contribution in [0.15, 0.2) is 122 Å². The fourth-order valence-corrected chi connectivity index (χ4v) is 6.10. The number of aromatic nitrogens is 3. The Labute approximate surface area is 282 Å². The van der Waals surface area contributed by atoms with E-state index < -0.39 is 0 Å². The zero-order valence-corrected chi connectivity index (χ0v) is 28.1. The summed E-state index contributed by atoms with van der Waals surface area (Å²) in [5, 5.41) is 14.9. The van der Waals surface area contributed by atoms with Gasteiger partial charge in [0.15, 0.2) is 15.7 Å². The van der Waals surface area contributed by atoms with Gasteiger partial charge in [-0.15, -0.1) is 10.2 Å². The molecule has 48 heavy (non-hydrogen) atoms. The number of nitrogens with zero attached hydrogens (tertiary/aromatic N) is 9. The number of rotatable bonds is 5. The molecule has 0 fully saturated rings. The molecule has 6 aromatic rings. The first kappa shape index (κ1) is 32.0. The Bertz CT molecular complexity index is 2400. The molecule has 0 saturated heterocycles. The SMILES string of the molecule is COc1ccc(N=CC=c2c3cccc4cccc(c43)n2C)cc1.[C-]#[N+]c1cn(C)n(C)/c1=N\N=C1/SC(=NC)N=C1c1ccccc1. The first-order valence-corrected chi connectivity index (χ1v) is 15.9. The third kappa shape index (κ3) is 6.47. The molecular formula is C37H33N9OS. The minimum Gasteiger partial charge on any atom is -0.497 e. The molecule has 0 saturated carbocycles. The van der Waals surface area contributed by atoms with Crippen LogP contribution in [0, 0.1) is 6.57 Å². The van der Waals surface area contributed by atoms with Crippen molar-refractivity contribution in [3.63, 3.8) is 0 Å². The van der Waals surface area contributed by atoms with Crippen LogP contribution in [-0.2, 0) is 21.1 Å². The average Bonchev–Trinajstić information content (AvgIpc) is 3.77. The highest BCUT2D eigenvalue weighted by molar-refractivity contribution is 8.28. The van der Waals surface area contributed by atoms with E-state index >= 15 is 0 Å². The van der Waals surface area contributed by atoms with Crippen LogP contribution in [0.4, 0.5) is 11.4 Å². The highest BCUT2D eigenvalue weighted by Gasteiger charge is 2.23. The number of benzene rings is 4. The van der Waals surface area contributed by atoms with Gasteiger partial charge in [-0.05, 0) is 53.6 Å². The summed E-state index contributed by atoms with van der Waals surface area (Å²) in [4.78, 5) is 16.7. The van der Waals surface area contributed by atoms with E-state index in [0.29, 0.717) is 21.4 Å². The lowest BCUT2D eigenvalue weighted by molar-refractivity contribution is 0.415. The first-order valence-electron chi connectivity index (χ1n) is 15.1. The summed E-state index contributed by atoms with van der Waals surface area (Å²) in [7, 11) is 9.14. The van der Waals surface area contributed by atoms with Gasteiger partial charge in [0.25, 0.3) is 0 Å². The zero-order valence-electron chi connectivity index (χ0n) is 27.2. The average molecular weight is 652 g/mol. The predicted molar refractivity (Wildman–Crippen MR) is 199 cm³/mol. The van der Waals surface area contributed by atoms with Crippen molar-refractivity contribution in [1.82, 2.24) is 13.9 Å². The van der Waals surface area contributed by atoms with Crippen molar-refractivity contribution in [1.29, 1.82) is 0 Å². The number of ether oxygens (including phenoxy) is 1. The lowest BCUT2D eigenvalue weighted by atomic mass is 10.1. The molecule has 1 aliphatic heterocycles. The molecule has 238 valence electrons. The van der Waals surface area contributed by atoms with Crippen LogP contribution < -0.4 is 15.6 Å². The molecule has 7 rings (SSSR count). The van der Waals surface area contributed by atoms with Gasteiger partial charge in [0.2, 0.25) is 5.69 Å². The Balaban J connectivity index is 0.000000167. The predicted octanol–water partition coefficient (Wildman–Crippen LogP) is 6.59. The maximum Gasteiger partial charge on any atom is 0.249 e. The number of thioether (sulfide) groups is 1. The lowest BCUT2D eigenvalue weighted by Crippen LogP contribution is -2.18. The van der Waals surface area contributed by atoms with Crippen LogP contribution in [-0.4, -0.2) is 50.2 Å². The van der Waals surface area contributed by atoms with E-state index in [9.17, 15) is 0 Å². The van der Waals surface area contributed by atoms with E-state index in [2.05, 4.69) is 84.1 Å². The van der Waals surface area contributed by atoms with E-state index in [-0.39, 0.29) is 0 Å². The summed E-state index contributed by atoms with van der Waals surface area (Å²) in [6.45, 7) is 7.26. The van der Waals surface area contributed by atoms with Crippen molar-refractivity contribution in [2.24, 2.45) is 46.3 Å². The van der Waals surface area contributed by atoms with Crippen molar-refractivity contribution in [3.05, 3.63) is 125 Å². The van der Waals surface area contributed by atoms with Crippen molar-refractivity contribution in [2.45, 2.75) is 0 Å². The van der Waals surface area contributed by atoms with E-state index in [0.717, 1.165) is 22.7 Å². The summed E-state index contributed by atoms with van der Waals surface area (Å²) in [5.41, 5.74) is 4.81. The quantitative estimate of drug-likeness (QED) is 0.120. The molecule has 3 heterocycles. The molecule has 1 aliphatic rings. The van der Waals surface area contributed by atoms with Crippen molar-refractivity contribution >= 4 is 73.0 Å². The summed E-state index contributed by atoms with van der Waals surface area (Å²) in [6.07, 6.45) is 5.65. The van der Waals surface area contributed by atoms with E-state index in [1.54, 1.807) is 29.7 Å². The largest absolute Gasteiger partial charge is 0.497 e. The van der Waals surface area contributed by atoms with Gasteiger partial charge in [-0.2, -0.15) is 0 Å². The minimum absolute atomic E-state index is 0.454. The van der Waals surface area contributed by atoms with Gasteiger partial charge < -0.3 is 14.0 Å². The first-order chi connectivity index (χ1) is 23.4. The molecule has 0 N–H and O–H groups in total. The second kappa shape index (κ2) is 14.2. The number of aliphatic imine (C=N–C) groups is 3. The number of aryl methyl sites for hydroxylation is 2. The molecule has 11 heteroatoms. The van der Waals surface area contributed by atoms with E-state index in [1.165, 1.54) is 38.8 Å². The molecule has 0 amide bonds. The zero-order chi connectivity index (χ0) is 33.6. The molecule has 0 atom stereocenters. The number of hydrogen-bond donors (Lipinski definition) is 0. The minimum atomic E-state index is 0.454. The highest BCUT2D eigenvalue weighted by Crippen LogP contribution is 2.25. The Hall–Kier alpha value is -5.99. The van der Waals surface area contributed by atoms with Gasteiger partial charge in [-0.3, -0.25) is 14.7 Å². The summed E-state index contributed by atoms with van der Waals surface area (Å²) < 4.78 is 10.9. The Morgan fingerprint density at radius 1 is 0.896 bits per heavy atom. The smallest absolute Gasteiger partial charge is 0.249 e. The van der Waals surface area contributed by atoms with Crippen LogP contribution in [0.25, 0.3) is 32.6 Å². The van der Waals surface area contributed by atoms with Crippen molar-refractivity contribution in [3.8, 4) is 5.75 Å². The van der Waals surface area contributed by atoms with Crippen LogP contribution >= 0.6 is 11.8 Å². The molecule has 0 radical (unpaired) electrons. The van der Waals surface area contributed by atoms with Crippen LogP contribution in [0.1, 0.15) is 5.56 Å². The van der Waals surface area contributed by atoms with Gasteiger partial charge in [-0.25, -0.2) is 9.84 Å². The standard InChI is InChI=1S/C21H18N2O.C16H15N7S/c1-23-19(13-14-22-16-9-11-17(24-2)12-10-16)18-7-3-5-15-6-4-8-20(23)21(15)18;1-17-12-10-22(3)23(4)14(12)20-21-15-13(19-16(18-2)24-15)11-8-6-5-7-9-11/h3-14H,1-2H3;5-10H,2-4H3/b;18-16?,20-14-,21-15-. The van der Waals surface area contributed by atoms with Crippen molar-refractivity contribution < 1.29 is 4.74 Å². The van der Waals surface area contributed by atoms with Gasteiger partial charge in [-0.1, -0.05) is 60.7 Å². The topological polar surface area (TPSA) is 90.2 Å². The lowest BCUT2D eigenvalue weighted by Gasteiger charge is -2.00. The van der Waals surface area contributed by atoms with E-state index in [4.69, 9.17) is 11.3 Å². The van der Waals surface area contributed by atoms with Crippen LogP contribution in [0.3, 0.4) is 0 Å². The Morgan fingerprint density at radius 2 is 1.65 bits per heavy atom. The fourth-order valence-electron chi connectivity index (χ4n) is 5.36. The van der Waals surface area contributed by atoms with Gasteiger partial charge in [0.05, 0.1) is 24.7 Å². The molecule has 0 bridgehead atoms. The van der Waals surface area contributed by atoms with Gasteiger partial charge >= 0.3 is 0 Å². The Kier molecular flexibility index (Phi) is 9.45. The van der Waals surface area contributed by atoms with Crippen molar-refractivity contribution in [2.75, 3.05) is 14.2 Å². The normalized spacial score (nSPS) is 15.5. The molecular weight excluding hydrogens is 619 g/mol. The Morgan fingerprint density at radius 3 is 2.35 bits per heavy atom. The molecule has 0 unspecified atom stereocenters. The van der Waals surface area contributed by atoms with E-state index in [1.807, 2.05) is 74.9 Å². The van der Waals surface area contributed by atoms with Gasteiger partial charge in [0.1, 0.15) is 11.5 Å². The molecule has 2 aromatic heterocycles. The second-order valence-electron chi connectivity index (χ2n) is 10.8. The summed E-state index contributed by atoms with van der Waals surface area (Å²) in [6, 6.07) is 30.4. The van der Waals surface area contributed by atoms with Crippen LogP contribution in [0.2, 0.25) is 0 Å². The maximum absolute atomic E-state index is 7.26. The summed E-state index contributed by atoms with van der Waals surface area (Å²) in [5.74, 6) is 0.838. The maximum atomic E-state index is 7.26. The fraction of sp³-hybridized carbons (Fsp3) is 0.135. The molecule has 0 aliphatic carbocycles. The molecule has 4 aromatic carbocycles. The number of amidine groups is 1. The number of hydrogen-bond acceptors (Lipinski definition) is 6. The highest BCUT2D eigenvalue weighted by atomic mass is 32.2. The summed E-state index contributed by atoms with van der Waals surface area (Å²) >= 11 is 1.37. The number of methoxy groups -OCH3 is 1. The third-order valence-corrected chi connectivity index (χ3v) is 8.85. The molecule has 10 nitrogen and oxygen atoms in total. The monoisotopic (exact) mass is 651 g/mol. The second-order valence-corrected chi connectivity index (χ2v) is 11.7. The third-order valence-electron chi connectivity index (χ3n) is 7.92. The molecule has 0 spiro atoms.